The van der Waals surface area contributed by atoms with Gasteiger partial charge in [0.2, 0.25) is 5.91 Å². The van der Waals surface area contributed by atoms with Crippen LogP contribution >= 0.6 is 0 Å². The number of carbonyl (C=O) groups excluding carboxylic acids is 1. The predicted molar refractivity (Wildman–Crippen MR) is 53.5 cm³/mol. The molecule has 1 heterocycles. The topological polar surface area (TPSA) is 80.9 Å². The summed E-state index contributed by atoms with van der Waals surface area (Å²) in [7, 11) is 0. The van der Waals surface area contributed by atoms with E-state index in [1.165, 1.54) is 0 Å². The lowest BCUT2D eigenvalue weighted by atomic mass is 9.93. The molecule has 3 N–H and O–H groups in total. The van der Waals surface area contributed by atoms with Crippen molar-refractivity contribution in [2.75, 3.05) is 11.9 Å². The van der Waals surface area contributed by atoms with E-state index >= 15 is 0 Å². The lowest BCUT2D eigenvalue weighted by Gasteiger charge is -2.20. The molecular formula is C9H14N4O. The second-order valence-corrected chi connectivity index (χ2v) is 3.65. The van der Waals surface area contributed by atoms with Gasteiger partial charge in [0.15, 0.2) is 5.82 Å². The summed E-state index contributed by atoms with van der Waals surface area (Å²) >= 11 is 0. The SMILES string of the molecule is CC(C)(CN)C(=O)Nc1cccnn1. The van der Waals surface area contributed by atoms with Crippen molar-refractivity contribution in [1.29, 1.82) is 0 Å². The standard InChI is InChI=1S/C9H14N4O/c1-9(2,6-10)8(14)12-7-4-3-5-11-13-7/h3-5H,6,10H2,1-2H3,(H,12,13,14). The number of nitrogens with one attached hydrogen (secondary N) is 1. The van der Waals surface area contributed by atoms with Gasteiger partial charge in [-0.3, -0.25) is 4.79 Å². The number of rotatable bonds is 3. The zero-order chi connectivity index (χ0) is 10.6. The molecule has 5 nitrogen and oxygen atoms in total. The van der Waals surface area contributed by atoms with Gasteiger partial charge >= 0.3 is 0 Å². The number of anilines is 1. The van der Waals surface area contributed by atoms with E-state index in [2.05, 4.69) is 15.5 Å². The van der Waals surface area contributed by atoms with Crippen LogP contribution in [0.3, 0.4) is 0 Å². The lowest BCUT2D eigenvalue weighted by molar-refractivity contribution is -0.123. The van der Waals surface area contributed by atoms with Gasteiger partial charge in [0, 0.05) is 12.7 Å². The Morgan fingerprint density at radius 2 is 2.36 bits per heavy atom. The van der Waals surface area contributed by atoms with Crippen LogP contribution in [0.5, 0.6) is 0 Å². The molecular weight excluding hydrogens is 180 g/mol. The Kier molecular flexibility index (Phi) is 3.14. The molecule has 0 spiro atoms. The smallest absolute Gasteiger partial charge is 0.232 e. The maximum Gasteiger partial charge on any atom is 0.232 e. The molecule has 0 bridgehead atoms. The van der Waals surface area contributed by atoms with Gasteiger partial charge in [0.05, 0.1) is 5.41 Å². The maximum atomic E-state index is 11.6. The van der Waals surface area contributed by atoms with Gasteiger partial charge in [0.1, 0.15) is 0 Å². The monoisotopic (exact) mass is 194 g/mol. The molecule has 0 aromatic carbocycles. The van der Waals surface area contributed by atoms with Gasteiger partial charge < -0.3 is 11.1 Å². The largest absolute Gasteiger partial charge is 0.329 e. The van der Waals surface area contributed by atoms with Crippen LogP contribution in [-0.2, 0) is 4.79 Å². The number of nitrogens with zero attached hydrogens (tertiary/aromatic N) is 2. The van der Waals surface area contributed by atoms with Crippen LogP contribution in [0.15, 0.2) is 18.3 Å². The summed E-state index contributed by atoms with van der Waals surface area (Å²) < 4.78 is 0. The predicted octanol–water partition coefficient (Wildman–Crippen LogP) is 0.400. The Balaban J connectivity index is 2.67. The summed E-state index contributed by atoms with van der Waals surface area (Å²) in [6.45, 7) is 3.84. The van der Waals surface area contributed by atoms with Crippen LogP contribution in [0.1, 0.15) is 13.8 Å². The third-order valence-electron chi connectivity index (χ3n) is 1.94. The maximum absolute atomic E-state index is 11.6. The minimum Gasteiger partial charge on any atom is -0.329 e. The van der Waals surface area contributed by atoms with E-state index in [4.69, 9.17) is 5.73 Å². The van der Waals surface area contributed by atoms with E-state index in [1.807, 2.05) is 0 Å². The van der Waals surface area contributed by atoms with E-state index in [-0.39, 0.29) is 5.91 Å². The second kappa shape index (κ2) is 4.15. The summed E-state index contributed by atoms with van der Waals surface area (Å²) in [6, 6.07) is 3.38. The van der Waals surface area contributed by atoms with E-state index in [9.17, 15) is 4.79 Å². The summed E-state index contributed by atoms with van der Waals surface area (Å²) in [6.07, 6.45) is 1.55. The molecule has 0 saturated heterocycles. The van der Waals surface area contributed by atoms with Crippen LogP contribution in [0.25, 0.3) is 0 Å². The quantitative estimate of drug-likeness (QED) is 0.729. The first kappa shape index (κ1) is 10.6. The summed E-state index contributed by atoms with van der Waals surface area (Å²) in [5, 5.41) is 10.0. The molecule has 0 fully saturated rings. The highest BCUT2D eigenvalue weighted by Gasteiger charge is 2.25. The van der Waals surface area contributed by atoms with Crippen LogP contribution < -0.4 is 11.1 Å². The molecule has 1 aromatic heterocycles. The van der Waals surface area contributed by atoms with Crippen molar-refractivity contribution in [1.82, 2.24) is 10.2 Å². The summed E-state index contributed by atoms with van der Waals surface area (Å²) in [4.78, 5) is 11.6. The minimum absolute atomic E-state index is 0.152. The number of nitrogens with two attached hydrogens (primary N) is 1. The van der Waals surface area contributed by atoms with Gasteiger partial charge in [-0.25, -0.2) is 0 Å². The van der Waals surface area contributed by atoms with Crippen molar-refractivity contribution < 1.29 is 4.79 Å². The van der Waals surface area contributed by atoms with Crippen molar-refractivity contribution in [2.24, 2.45) is 11.1 Å². The van der Waals surface area contributed by atoms with Crippen molar-refractivity contribution >= 4 is 11.7 Å². The highest BCUT2D eigenvalue weighted by Crippen LogP contribution is 2.15. The summed E-state index contributed by atoms with van der Waals surface area (Å²) in [5.41, 5.74) is 4.88. The van der Waals surface area contributed by atoms with Gasteiger partial charge in [-0.05, 0) is 26.0 Å². The highest BCUT2D eigenvalue weighted by molar-refractivity contribution is 5.94. The fraction of sp³-hybridized carbons (Fsp3) is 0.444. The zero-order valence-electron chi connectivity index (χ0n) is 8.32. The first-order valence-corrected chi connectivity index (χ1v) is 4.35. The van der Waals surface area contributed by atoms with Crippen molar-refractivity contribution in [2.45, 2.75) is 13.8 Å². The molecule has 0 atom stereocenters. The molecule has 0 unspecified atom stereocenters. The van der Waals surface area contributed by atoms with Crippen molar-refractivity contribution in [3.05, 3.63) is 18.3 Å². The van der Waals surface area contributed by atoms with E-state index in [0.717, 1.165) is 0 Å². The number of aromatic nitrogens is 2. The van der Waals surface area contributed by atoms with Crippen molar-refractivity contribution in [3.63, 3.8) is 0 Å². The molecule has 0 aliphatic rings. The Hall–Kier alpha value is -1.49. The normalized spacial score (nSPS) is 11.1. The van der Waals surface area contributed by atoms with Crippen LogP contribution in [0, 0.1) is 5.41 Å². The fourth-order valence-corrected chi connectivity index (χ4v) is 0.746. The highest BCUT2D eigenvalue weighted by atomic mass is 16.2. The Bertz CT molecular complexity index is 310. The van der Waals surface area contributed by atoms with E-state index < -0.39 is 5.41 Å². The van der Waals surface area contributed by atoms with Crippen molar-refractivity contribution in [3.8, 4) is 0 Å². The first-order chi connectivity index (χ1) is 6.56. The second-order valence-electron chi connectivity index (χ2n) is 3.65. The molecule has 1 aromatic rings. The number of hydrogen-bond acceptors (Lipinski definition) is 4. The van der Waals surface area contributed by atoms with E-state index in [1.54, 1.807) is 32.2 Å². The fourth-order valence-electron chi connectivity index (χ4n) is 0.746. The lowest BCUT2D eigenvalue weighted by Crippen LogP contribution is -2.37. The molecule has 0 aliphatic heterocycles. The third-order valence-corrected chi connectivity index (χ3v) is 1.94. The molecule has 0 saturated carbocycles. The molecule has 1 rings (SSSR count). The molecule has 0 radical (unpaired) electrons. The van der Waals surface area contributed by atoms with Crippen LogP contribution in [0.4, 0.5) is 5.82 Å². The Morgan fingerprint density at radius 3 is 2.86 bits per heavy atom. The van der Waals surface area contributed by atoms with Gasteiger partial charge in [0.25, 0.3) is 0 Å². The average Bonchev–Trinajstić information content (AvgIpc) is 2.19. The zero-order valence-corrected chi connectivity index (χ0v) is 8.32. The minimum atomic E-state index is -0.586. The van der Waals surface area contributed by atoms with Gasteiger partial charge in [-0.1, -0.05) is 0 Å². The number of amides is 1. The Labute approximate surface area is 82.7 Å². The van der Waals surface area contributed by atoms with Crippen LogP contribution in [0.2, 0.25) is 0 Å². The molecule has 0 aliphatic carbocycles. The number of hydrogen-bond donors (Lipinski definition) is 2. The first-order valence-electron chi connectivity index (χ1n) is 4.35. The van der Waals surface area contributed by atoms with Gasteiger partial charge in [-0.2, -0.15) is 5.10 Å². The molecule has 76 valence electrons. The molecule has 1 amide bonds. The van der Waals surface area contributed by atoms with Gasteiger partial charge in [-0.15, -0.1) is 5.10 Å². The van der Waals surface area contributed by atoms with E-state index in [0.29, 0.717) is 12.4 Å². The average molecular weight is 194 g/mol. The molecule has 5 heteroatoms. The van der Waals surface area contributed by atoms with Crippen LogP contribution in [-0.4, -0.2) is 22.6 Å². The molecule has 14 heavy (non-hydrogen) atoms. The third kappa shape index (κ3) is 2.50. The number of carbonyl (C=O) groups is 1. The summed E-state index contributed by atoms with van der Waals surface area (Å²) in [5.74, 6) is 0.291. The Morgan fingerprint density at radius 1 is 1.64 bits per heavy atom.